The van der Waals surface area contributed by atoms with Crippen LogP contribution >= 0.6 is 23.2 Å². The Balaban J connectivity index is 1.50. The van der Waals surface area contributed by atoms with Gasteiger partial charge in [-0.1, -0.05) is 23.2 Å². The van der Waals surface area contributed by atoms with Gasteiger partial charge in [0.2, 0.25) is 11.8 Å². The Labute approximate surface area is 158 Å². The van der Waals surface area contributed by atoms with Crippen molar-refractivity contribution in [2.45, 2.75) is 44.9 Å². The van der Waals surface area contributed by atoms with E-state index in [1.165, 1.54) is 6.42 Å². The van der Waals surface area contributed by atoms with E-state index in [0.29, 0.717) is 21.6 Å². The number of piperidine rings is 1. The van der Waals surface area contributed by atoms with Gasteiger partial charge in [0.1, 0.15) is 0 Å². The van der Waals surface area contributed by atoms with Crippen molar-refractivity contribution in [1.29, 1.82) is 0 Å². The van der Waals surface area contributed by atoms with Crippen molar-refractivity contribution in [2.75, 3.05) is 18.4 Å². The standard InChI is InChI=1S/C19H24Cl2N2O2/c20-16-9-8-15(12-17(16)21)22-18(24)13-4-6-14(7-5-13)19(25)23-10-2-1-3-11-23/h8-9,12-14H,1-7,10-11H2,(H,22,24). The Hall–Kier alpha value is -1.26. The highest BCUT2D eigenvalue weighted by Crippen LogP contribution is 2.32. The summed E-state index contributed by atoms with van der Waals surface area (Å²) in [6.45, 7) is 1.80. The lowest BCUT2D eigenvalue weighted by molar-refractivity contribution is -0.138. The van der Waals surface area contributed by atoms with Crippen molar-refractivity contribution in [3.8, 4) is 0 Å². The summed E-state index contributed by atoms with van der Waals surface area (Å²) in [5.41, 5.74) is 0.658. The predicted octanol–water partition coefficient (Wildman–Crippen LogP) is 4.75. The van der Waals surface area contributed by atoms with E-state index in [-0.39, 0.29) is 17.7 Å². The second-order valence-corrected chi connectivity index (χ2v) is 7.87. The van der Waals surface area contributed by atoms with E-state index in [1.54, 1.807) is 18.2 Å². The topological polar surface area (TPSA) is 49.4 Å². The van der Waals surface area contributed by atoms with Gasteiger partial charge in [0.15, 0.2) is 0 Å². The zero-order valence-electron chi connectivity index (χ0n) is 14.3. The van der Waals surface area contributed by atoms with Crippen LogP contribution in [0.2, 0.25) is 10.0 Å². The van der Waals surface area contributed by atoms with Crippen molar-refractivity contribution in [3.63, 3.8) is 0 Å². The van der Waals surface area contributed by atoms with Crippen molar-refractivity contribution in [3.05, 3.63) is 28.2 Å². The van der Waals surface area contributed by atoms with Crippen LogP contribution in [0.5, 0.6) is 0 Å². The highest BCUT2D eigenvalue weighted by Gasteiger charge is 2.32. The third-order valence-electron chi connectivity index (χ3n) is 5.30. The third-order valence-corrected chi connectivity index (χ3v) is 6.04. The minimum Gasteiger partial charge on any atom is -0.342 e. The highest BCUT2D eigenvalue weighted by molar-refractivity contribution is 6.42. The molecule has 136 valence electrons. The van der Waals surface area contributed by atoms with Gasteiger partial charge in [-0.25, -0.2) is 0 Å². The summed E-state index contributed by atoms with van der Waals surface area (Å²) in [6.07, 6.45) is 6.59. The third kappa shape index (κ3) is 4.68. The van der Waals surface area contributed by atoms with Gasteiger partial charge < -0.3 is 10.2 Å². The van der Waals surface area contributed by atoms with Gasteiger partial charge in [0, 0.05) is 30.6 Å². The smallest absolute Gasteiger partial charge is 0.227 e. The molecule has 2 fully saturated rings. The van der Waals surface area contributed by atoms with Gasteiger partial charge in [-0.15, -0.1) is 0 Å². The summed E-state index contributed by atoms with van der Waals surface area (Å²) < 4.78 is 0. The van der Waals surface area contributed by atoms with Crippen LogP contribution < -0.4 is 5.32 Å². The molecule has 1 aliphatic heterocycles. The molecular weight excluding hydrogens is 359 g/mol. The molecule has 4 nitrogen and oxygen atoms in total. The minimum atomic E-state index is -0.0418. The van der Waals surface area contributed by atoms with E-state index in [2.05, 4.69) is 5.32 Å². The molecule has 0 aromatic heterocycles. The molecule has 2 aliphatic rings. The molecule has 1 saturated carbocycles. The minimum absolute atomic E-state index is 0.00209. The zero-order valence-corrected chi connectivity index (χ0v) is 15.8. The number of amides is 2. The highest BCUT2D eigenvalue weighted by atomic mass is 35.5. The van der Waals surface area contributed by atoms with E-state index >= 15 is 0 Å². The average Bonchev–Trinajstić information content (AvgIpc) is 2.65. The number of halogens is 2. The van der Waals surface area contributed by atoms with Gasteiger partial charge in [-0.3, -0.25) is 9.59 Å². The Morgan fingerprint density at radius 3 is 2.20 bits per heavy atom. The molecule has 1 aliphatic carbocycles. The van der Waals surface area contributed by atoms with Gasteiger partial charge in [0.25, 0.3) is 0 Å². The first kappa shape index (κ1) is 18.5. The van der Waals surface area contributed by atoms with Crippen LogP contribution in [0.15, 0.2) is 18.2 Å². The predicted molar refractivity (Wildman–Crippen MR) is 101 cm³/mol. The first-order valence-corrected chi connectivity index (χ1v) is 9.85. The van der Waals surface area contributed by atoms with Crippen molar-refractivity contribution in [1.82, 2.24) is 4.90 Å². The van der Waals surface area contributed by atoms with Crippen LogP contribution in [-0.2, 0) is 9.59 Å². The fourth-order valence-corrected chi connectivity index (χ4v) is 4.09. The fourth-order valence-electron chi connectivity index (χ4n) is 3.79. The molecule has 2 amide bonds. The van der Waals surface area contributed by atoms with Gasteiger partial charge in [0.05, 0.1) is 10.0 Å². The van der Waals surface area contributed by atoms with Crippen LogP contribution in [0.4, 0.5) is 5.69 Å². The Kier molecular flexibility index (Phi) is 6.24. The fraction of sp³-hybridized carbons (Fsp3) is 0.579. The second kappa shape index (κ2) is 8.41. The normalized spacial score (nSPS) is 24.0. The molecule has 3 rings (SSSR count). The van der Waals surface area contributed by atoms with E-state index in [4.69, 9.17) is 23.2 Å². The molecule has 6 heteroatoms. The molecule has 1 aromatic carbocycles. The summed E-state index contributed by atoms with van der Waals surface area (Å²) in [5.74, 6) is 0.345. The quantitative estimate of drug-likeness (QED) is 0.819. The molecule has 0 bridgehead atoms. The molecule has 0 unspecified atom stereocenters. The maximum absolute atomic E-state index is 12.6. The van der Waals surface area contributed by atoms with Gasteiger partial charge in [-0.05, 0) is 63.1 Å². The number of hydrogen-bond acceptors (Lipinski definition) is 2. The first-order valence-electron chi connectivity index (χ1n) is 9.09. The first-order chi connectivity index (χ1) is 12.0. The molecule has 1 N–H and O–H groups in total. The summed E-state index contributed by atoms with van der Waals surface area (Å²) in [6, 6.07) is 5.08. The molecule has 1 saturated heterocycles. The van der Waals surface area contributed by atoms with E-state index < -0.39 is 0 Å². The summed E-state index contributed by atoms with van der Waals surface area (Å²) >= 11 is 11.9. The van der Waals surface area contributed by atoms with Crippen molar-refractivity contribution >= 4 is 40.7 Å². The number of nitrogens with zero attached hydrogens (tertiary/aromatic N) is 1. The number of likely N-dealkylation sites (tertiary alicyclic amines) is 1. The zero-order chi connectivity index (χ0) is 17.8. The van der Waals surface area contributed by atoms with Crippen LogP contribution in [0.1, 0.15) is 44.9 Å². The van der Waals surface area contributed by atoms with Crippen LogP contribution in [0, 0.1) is 11.8 Å². The lowest BCUT2D eigenvalue weighted by Crippen LogP contribution is -2.41. The maximum atomic E-state index is 12.6. The monoisotopic (exact) mass is 382 g/mol. The van der Waals surface area contributed by atoms with Gasteiger partial charge >= 0.3 is 0 Å². The molecule has 1 aromatic rings. The number of anilines is 1. The Morgan fingerprint density at radius 1 is 0.920 bits per heavy atom. The Morgan fingerprint density at radius 2 is 1.56 bits per heavy atom. The maximum Gasteiger partial charge on any atom is 0.227 e. The van der Waals surface area contributed by atoms with Crippen molar-refractivity contribution < 1.29 is 9.59 Å². The molecule has 0 spiro atoms. The number of benzene rings is 1. The van der Waals surface area contributed by atoms with Crippen molar-refractivity contribution in [2.24, 2.45) is 11.8 Å². The van der Waals surface area contributed by atoms with Gasteiger partial charge in [-0.2, -0.15) is 0 Å². The lowest BCUT2D eigenvalue weighted by atomic mass is 9.80. The summed E-state index contributed by atoms with van der Waals surface area (Å²) in [4.78, 5) is 27.1. The number of carbonyl (C=O) groups is 2. The van der Waals surface area contributed by atoms with Crippen LogP contribution in [0.3, 0.4) is 0 Å². The molecule has 25 heavy (non-hydrogen) atoms. The molecule has 0 atom stereocenters. The largest absolute Gasteiger partial charge is 0.342 e. The summed E-state index contributed by atoms with van der Waals surface area (Å²) in [7, 11) is 0. The number of hydrogen-bond donors (Lipinski definition) is 1. The summed E-state index contributed by atoms with van der Waals surface area (Å²) in [5, 5.41) is 3.80. The van der Waals surface area contributed by atoms with E-state index in [0.717, 1.165) is 51.6 Å². The molecule has 0 radical (unpaired) electrons. The SMILES string of the molecule is O=C(Nc1ccc(Cl)c(Cl)c1)C1CCC(C(=O)N2CCCCC2)CC1. The lowest BCUT2D eigenvalue weighted by Gasteiger charge is -2.33. The van der Waals surface area contributed by atoms with Crippen LogP contribution in [0.25, 0.3) is 0 Å². The van der Waals surface area contributed by atoms with E-state index in [1.807, 2.05) is 4.90 Å². The van der Waals surface area contributed by atoms with E-state index in [9.17, 15) is 9.59 Å². The Bertz CT molecular complexity index is 636. The van der Waals surface area contributed by atoms with Crippen LogP contribution in [-0.4, -0.2) is 29.8 Å². The molecular formula is C19H24Cl2N2O2. The molecule has 1 heterocycles. The second-order valence-electron chi connectivity index (χ2n) is 7.05. The number of carbonyl (C=O) groups excluding carboxylic acids is 2. The number of nitrogens with one attached hydrogen (secondary N) is 1. The average molecular weight is 383 g/mol. The number of rotatable bonds is 3.